The number of anilines is 1. The summed E-state index contributed by atoms with van der Waals surface area (Å²) in [6.07, 6.45) is -4.67. The van der Waals surface area contributed by atoms with Crippen LogP contribution >= 0.6 is 0 Å². The van der Waals surface area contributed by atoms with Gasteiger partial charge < -0.3 is 10.2 Å². The number of fused-ring (bicyclic) bond motifs is 1. The summed E-state index contributed by atoms with van der Waals surface area (Å²) >= 11 is 0. The Kier molecular flexibility index (Phi) is 5.51. The van der Waals surface area contributed by atoms with Crippen LogP contribution in [0.2, 0.25) is 0 Å². The van der Waals surface area contributed by atoms with Gasteiger partial charge in [0.15, 0.2) is 0 Å². The summed E-state index contributed by atoms with van der Waals surface area (Å²) in [5.41, 5.74) is -0.947. The average Bonchev–Trinajstić information content (AvgIpc) is 3.13. The minimum Gasteiger partial charge on any atom is -0.508 e. The zero-order valence-electron chi connectivity index (χ0n) is 18.5. The van der Waals surface area contributed by atoms with Crippen LogP contribution in [0.1, 0.15) is 22.7 Å². The normalized spacial score (nSPS) is 17.6. The van der Waals surface area contributed by atoms with Crippen molar-refractivity contribution in [1.29, 1.82) is 0 Å². The summed E-state index contributed by atoms with van der Waals surface area (Å²) in [4.78, 5) is 27.3. The third-order valence-electron chi connectivity index (χ3n) is 6.10. The zero-order valence-corrected chi connectivity index (χ0v) is 18.5. The van der Waals surface area contributed by atoms with E-state index in [1.807, 2.05) is 24.3 Å². The quantitative estimate of drug-likeness (QED) is 0.204. The predicted octanol–water partition coefficient (Wildman–Crippen LogP) is 6.19. The topological polar surface area (TPSA) is 77.8 Å². The van der Waals surface area contributed by atoms with Crippen LogP contribution in [0, 0.1) is 0 Å². The summed E-state index contributed by atoms with van der Waals surface area (Å²) in [5, 5.41) is 23.0. The second kappa shape index (κ2) is 8.57. The third kappa shape index (κ3) is 3.96. The molecule has 0 bridgehead atoms. The molecule has 0 aromatic heterocycles. The van der Waals surface area contributed by atoms with E-state index in [4.69, 9.17) is 0 Å². The minimum absolute atomic E-state index is 0.169. The lowest BCUT2D eigenvalue weighted by atomic mass is 9.94. The molecular formula is C28H18F3NO4. The molecule has 180 valence electrons. The maximum absolute atomic E-state index is 13.4. The molecule has 1 amide bonds. The van der Waals surface area contributed by atoms with Crippen LogP contribution in [0.5, 0.6) is 5.75 Å². The number of halogens is 3. The van der Waals surface area contributed by atoms with Gasteiger partial charge in [0.05, 0.1) is 17.2 Å². The fourth-order valence-corrected chi connectivity index (χ4v) is 4.43. The Morgan fingerprint density at radius 2 is 1.53 bits per heavy atom. The third-order valence-corrected chi connectivity index (χ3v) is 6.10. The minimum atomic E-state index is -4.67. The summed E-state index contributed by atoms with van der Waals surface area (Å²) in [7, 11) is 0. The number of Topliss-reactive ketones (excluding diaryl/α,β-unsaturated/α-hetero) is 1. The standard InChI is InChI=1S/C28H18F3NO4/c29-28(30,31)20-8-4-9-21(15-20)32-24(18-7-3-10-22(33)14-18)23(26(35)27(32)36)25(34)19-12-11-16-5-1-2-6-17(16)13-19/h1-15,24,33-34H/b25-23-. The molecule has 1 fully saturated rings. The molecule has 36 heavy (non-hydrogen) atoms. The van der Waals surface area contributed by atoms with E-state index in [0.717, 1.165) is 33.9 Å². The van der Waals surface area contributed by atoms with E-state index in [-0.39, 0.29) is 28.1 Å². The molecular weight excluding hydrogens is 471 g/mol. The number of carbonyl (C=O) groups is 2. The van der Waals surface area contributed by atoms with Crippen molar-refractivity contribution in [3.8, 4) is 5.75 Å². The lowest BCUT2D eigenvalue weighted by molar-refractivity contribution is -0.137. The van der Waals surface area contributed by atoms with Crippen molar-refractivity contribution >= 4 is 33.9 Å². The largest absolute Gasteiger partial charge is 0.508 e. The van der Waals surface area contributed by atoms with Gasteiger partial charge in [-0.3, -0.25) is 14.5 Å². The highest BCUT2D eigenvalue weighted by Crippen LogP contribution is 2.44. The Morgan fingerprint density at radius 3 is 2.25 bits per heavy atom. The number of ketones is 1. The summed E-state index contributed by atoms with van der Waals surface area (Å²) in [6.45, 7) is 0. The number of rotatable bonds is 3. The second-order valence-corrected chi connectivity index (χ2v) is 8.37. The number of aromatic hydroxyl groups is 1. The lowest BCUT2D eigenvalue weighted by Crippen LogP contribution is -2.29. The van der Waals surface area contributed by atoms with Gasteiger partial charge in [-0.25, -0.2) is 0 Å². The summed E-state index contributed by atoms with van der Waals surface area (Å²) in [6, 6.07) is 20.8. The van der Waals surface area contributed by atoms with Gasteiger partial charge in [0.2, 0.25) is 0 Å². The van der Waals surface area contributed by atoms with Crippen LogP contribution in [0.4, 0.5) is 18.9 Å². The Labute approximate surface area is 203 Å². The molecule has 1 aliphatic rings. The monoisotopic (exact) mass is 489 g/mol. The summed E-state index contributed by atoms with van der Waals surface area (Å²) < 4.78 is 40.2. The van der Waals surface area contributed by atoms with Crippen LogP contribution in [0.15, 0.2) is 96.6 Å². The van der Waals surface area contributed by atoms with Crippen LogP contribution in [0.25, 0.3) is 16.5 Å². The van der Waals surface area contributed by atoms with Crippen molar-refractivity contribution in [3.63, 3.8) is 0 Å². The highest BCUT2D eigenvalue weighted by atomic mass is 19.4. The smallest absolute Gasteiger partial charge is 0.416 e. The predicted molar refractivity (Wildman–Crippen MR) is 128 cm³/mol. The number of benzene rings is 4. The molecule has 2 N–H and O–H groups in total. The molecule has 1 atom stereocenters. The maximum Gasteiger partial charge on any atom is 0.416 e. The highest BCUT2D eigenvalue weighted by Gasteiger charge is 2.47. The molecule has 1 saturated heterocycles. The number of aliphatic hydroxyl groups excluding tert-OH is 1. The van der Waals surface area contributed by atoms with Gasteiger partial charge in [-0.2, -0.15) is 13.2 Å². The molecule has 5 rings (SSSR count). The molecule has 8 heteroatoms. The molecule has 1 heterocycles. The van der Waals surface area contributed by atoms with E-state index < -0.39 is 35.2 Å². The van der Waals surface area contributed by atoms with Gasteiger partial charge >= 0.3 is 6.18 Å². The first-order valence-electron chi connectivity index (χ1n) is 10.9. The second-order valence-electron chi connectivity index (χ2n) is 8.37. The van der Waals surface area contributed by atoms with E-state index in [1.54, 1.807) is 18.2 Å². The fourth-order valence-electron chi connectivity index (χ4n) is 4.43. The Morgan fingerprint density at radius 1 is 0.806 bits per heavy atom. The van der Waals surface area contributed by atoms with Crippen molar-refractivity contribution < 1.29 is 33.0 Å². The van der Waals surface area contributed by atoms with E-state index in [0.29, 0.717) is 0 Å². The van der Waals surface area contributed by atoms with Crippen LogP contribution in [-0.4, -0.2) is 21.9 Å². The highest BCUT2D eigenvalue weighted by molar-refractivity contribution is 6.51. The van der Waals surface area contributed by atoms with Gasteiger partial charge in [0.25, 0.3) is 11.7 Å². The number of carbonyl (C=O) groups excluding carboxylic acids is 2. The van der Waals surface area contributed by atoms with Gasteiger partial charge in [-0.15, -0.1) is 0 Å². The zero-order chi connectivity index (χ0) is 25.6. The molecule has 1 unspecified atom stereocenters. The van der Waals surface area contributed by atoms with Gasteiger partial charge in [-0.1, -0.05) is 54.6 Å². The van der Waals surface area contributed by atoms with Crippen molar-refractivity contribution in [2.45, 2.75) is 12.2 Å². The molecule has 0 spiro atoms. The van der Waals surface area contributed by atoms with Crippen LogP contribution in [-0.2, 0) is 15.8 Å². The molecule has 4 aromatic carbocycles. The van der Waals surface area contributed by atoms with Crippen molar-refractivity contribution in [1.82, 2.24) is 0 Å². The number of phenols is 1. The first kappa shape index (κ1) is 23.2. The van der Waals surface area contributed by atoms with E-state index in [1.165, 1.54) is 30.3 Å². The Bertz CT molecular complexity index is 1560. The Balaban J connectivity index is 1.73. The van der Waals surface area contributed by atoms with Crippen molar-refractivity contribution in [2.75, 3.05) is 4.90 Å². The number of alkyl halides is 3. The van der Waals surface area contributed by atoms with Gasteiger partial charge in [0, 0.05) is 11.3 Å². The number of aliphatic hydroxyl groups is 1. The van der Waals surface area contributed by atoms with E-state index in [2.05, 4.69) is 0 Å². The number of nitrogens with zero attached hydrogens (tertiary/aromatic N) is 1. The lowest BCUT2D eigenvalue weighted by Gasteiger charge is -2.26. The number of amides is 1. The van der Waals surface area contributed by atoms with Crippen molar-refractivity contribution in [3.05, 3.63) is 113 Å². The maximum atomic E-state index is 13.4. The molecule has 0 saturated carbocycles. The Hall–Kier alpha value is -4.59. The van der Waals surface area contributed by atoms with Crippen LogP contribution in [0.3, 0.4) is 0 Å². The van der Waals surface area contributed by atoms with E-state index in [9.17, 15) is 33.0 Å². The molecule has 0 radical (unpaired) electrons. The number of phenolic OH excluding ortho intramolecular Hbond substituents is 1. The van der Waals surface area contributed by atoms with Crippen LogP contribution < -0.4 is 4.90 Å². The molecule has 0 aliphatic carbocycles. The summed E-state index contributed by atoms with van der Waals surface area (Å²) in [5.74, 6) is -2.79. The fraction of sp³-hybridized carbons (Fsp3) is 0.0714. The molecule has 1 aliphatic heterocycles. The first-order valence-corrected chi connectivity index (χ1v) is 10.9. The molecule has 5 nitrogen and oxygen atoms in total. The van der Waals surface area contributed by atoms with E-state index >= 15 is 0 Å². The SMILES string of the molecule is O=C1C(=O)N(c2cccc(C(F)(F)F)c2)C(c2cccc(O)c2)/C1=C(/O)c1ccc2ccccc2c1. The van der Waals surface area contributed by atoms with Gasteiger partial charge in [0.1, 0.15) is 11.5 Å². The first-order chi connectivity index (χ1) is 17.1. The average molecular weight is 489 g/mol. The number of hydrogen-bond donors (Lipinski definition) is 2. The van der Waals surface area contributed by atoms with Crippen molar-refractivity contribution in [2.24, 2.45) is 0 Å². The molecule has 4 aromatic rings. The number of hydrogen-bond acceptors (Lipinski definition) is 4. The van der Waals surface area contributed by atoms with Gasteiger partial charge in [-0.05, 0) is 52.7 Å².